The molecule has 1 N–H and O–H groups in total. The fourth-order valence-corrected chi connectivity index (χ4v) is 5.44. The molecule has 1 atom stereocenters. The molecule has 0 unspecified atom stereocenters. The lowest BCUT2D eigenvalue weighted by Crippen LogP contribution is -2.36. The Morgan fingerprint density at radius 3 is 2.45 bits per heavy atom. The molecule has 1 aliphatic carbocycles. The first-order valence-corrected chi connectivity index (χ1v) is 11.8. The molecule has 1 aliphatic heterocycles. The van der Waals surface area contributed by atoms with Crippen molar-refractivity contribution in [2.24, 2.45) is 0 Å². The first-order chi connectivity index (χ1) is 15.1. The minimum atomic E-state index is -0.221. The Balaban J connectivity index is 1.68. The Kier molecular flexibility index (Phi) is 5.61. The van der Waals surface area contributed by atoms with E-state index in [1.165, 1.54) is 31.2 Å². The van der Waals surface area contributed by atoms with E-state index in [9.17, 15) is 4.79 Å². The van der Waals surface area contributed by atoms with Crippen molar-refractivity contribution >= 4 is 10.9 Å². The molecule has 2 aromatic heterocycles. The lowest BCUT2D eigenvalue weighted by Gasteiger charge is -2.30. The molecule has 5 rings (SSSR count). The van der Waals surface area contributed by atoms with Crippen molar-refractivity contribution in [3.05, 3.63) is 51.1 Å². The Morgan fingerprint density at radius 1 is 1.00 bits per heavy atom. The van der Waals surface area contributed by atoms with Crippen LogP contribution in [0, 0.1) is 13.8 Å². The standard InChI is InChI=1S/C24H32N6O/c1-16-11-12-17(2)21-19(16)15-20(24(31)25-21)22(29-13-7-3-4-8-14-29)23-26-27-28-30(23)18-9-5-6-10-18/h11-12,15,18,22H,3-10,13-14H2,1-2H3,(H,25,31)/t22-/m1/s1. The van der Waals surface area contributed by atoms with Crippen LogP contribution in [-0.2, 0) is 0 Å². The van der Waals surface area contributed by atoms with E-state index in [1.807, 2.05) is 11.6 Å². The van der Waals surface area contributed by atoms with Crippen LogP contribution >= 0.6 is 0 Å². The molecule has 1 aromatic carbocycles. The van der Waals surface area contributed by atoms with Crippen molar-refractivity contribution in [2.45, 2.75) is 77.3 Å². The molecule has 7 heteroatoms. The van der Waals surface area contributed by atoms with E-state index >= 15 is 0 Å². The van der Waals surface area contributed by atoms with Gasteiger partial charge in [-0.2, -0.15) is 0 Å². The van der Waals surface area contributed by atoms with E-state index < -0.39 is 0 Å². The zero-order valence-electron chi connectivity index (χ0n) is 18.6. The fourth-order valence-electron chi connectivity index (χ4n) is 5.44. The third-order valence-corrected chi connectivity index (χ3v) is 7.21. The van der Waals surface area contributed by atoms with Crippen molar-refractivity contribution < 1.29 is 0 Å². The number of rotatable bonds is 4. The summed E-state index contributed by atoms with van der Waals surface area (Å²) in [6, 6.07) is 6.41. The summed E-state index contributed by atoms with van der Waals surface area (Å²) in [6.45, 7) is 6.08. The molecular weight excluding hydrogens is 388 g/mol. The van der Waals surface area contributed by atoms with Crippen LogP contribution in [-0.4, -0.2) is 43.2 Å². The highest BCUT2D eigenvalue weighted by Gasteiger charge is 2.33. The summed E-state index contributed by atoms with van der Waals surface area (Å²) in [7, 11) is 0. The van der Waals surface area contributed by atoms with Crippen LogP contribution in [0.1, 0.15) is 86.0 Å². The maximum atomic E-state index is 13.4. The largest absolute Gasteiger partial charge is 0.321 e. The molecule has 1 saturated heterocycles. The van der Waals surface area contributed by atoms with Gasteiger partial charge in [0.25, 0.3) is 5.56 Å². The molecule has 164 valence electrons. The highest BCUT2D eigenvalue weighted by atomic mass is 16.1. The number of aromatic nitrogens is 5. The van der Waals surface area contributed by atoms with Crippen LogP contribution in [0.15, 0.2) is 23.0 Å². The number of likely N-dealkylation sites (tertiary alicyclic amines) is 1. The Labute approximate surface area is 182 Å². The summed E-state index contributed by atoms with van der Waals surface area (Å²) < 4.78 is 2.02. The highest BCUT2D eigenvalue weighted by molar-refractivity contribution is 5.85. The average molecular weight is 421 g/mol. The summed E-state index contributed by atoms with van der Waals surface area (Å²) in [4.78, 5) is 19.1. The summed E-state index contributed by atoms with van der Waals surface area (Å²) in [6.07, 6.45) is 9.41. The SMILES string of the molecule is Cc1ccc(C)c2[nH]c(=O)c([C@H](c3nnnn3C3CCCC3)N3CCCCCC3)cc12. The molecule has 3 aromatic rings. The van der Waals surface area contributed by atoms with Gasteiger partial charge in [-0.3, -0.25) is 9.69 Å². The van der Waals surface area contributed by atoms with Crippen LogP contribution in [0.5, 0.6) is 0 Å². The average Bonchev–Trinajstić information content (AvgIpc) is 3.39. The van der Waals surface area contributed by atoms with E-state index in [-0.39, 0.29) is 11.6 Å². The van der Waals surface area contributed by atoms with Crippen LogP contribution < -0.4 is 5.56 Å². The number of hydrogen-bond acceptors (Lipinski definition) is 5. The summed E-state index contributed by atoms with van der Waals surface area (Å²) in [5.74, 6) is 0.823. The molecular formula is C24H32N6O. The van der Waals surface area contributed by atoms with Crippen LogP contribution in [0.3, 0.4) is 0 Å². The van der Waals surface area contributed by atoms with E-state index in [2.05, 4.69) is 50.5 Å². The number of H-pyrrole nitrogens is 1. The van der Waals surface area contributed by atoms with Crippen molar-refractivity contribution in [3.63, 3.8) is 0 Å². The lowest BCUT2D eigenvalue weighted by atomic mass is 9.99. The highest BCUT2D eigenvalue weighted by Crippen LogP contribution is 2.35. The molecule has 2 fully saturated rings. The number of hydrogen-bond donors (Lipinski definition) is 1. The van der Waals surface area contributed by atoms with Gasteiger partial charge in [0.1, 0.15) is 6.04 Å². The summed E-state index contributed by atoms with van der Waals surface area (Å²) in [5, 5.41) is 14.1. The fraction of sp³-hybridized carbons (Fsp3) is 0.583. The minimum Gasteiger partial charge on any atom is -0.321 e. The molecule has 3 heterocycles. The second-order valence-corrected chi connectivity index (χ2v) is 9.31. The molecule has 7 nitrogen and oxygen atoms in total. The predicted molar refractivity (Wildman–Crippen MR) is 121 cm³/mol. The first-order valence-electron chi connectivity index (χ1n) is 11.8. The van der Waals surface area contributed by atoms with E-state index in [4.69, 9.17) is 0 Å². The van der Waals surface area contributed by atoms with E-state index in [1.54, 1.807) is 0 Å². The quantitative estimate of drug-likeness (QED) is 0.684. The topological polar surface area (TPSA) is 79.7 Å². The monoisotopic (exact) mass is 420 g/mol. The second-order valence-electron chi connectivity index (χ2n) is 9.31. The number of tetrazole rings is 1. The number of nitrogens with one attached hydrogen (secondary N) is 1. The van der Waals surface area contributed by atoms with Crippen molar-refractivity contribution in [1.82, 2.24) is 30.1 Å². The molecule has 1 saturated carbocycles. The van der Waals surface area contributed by atoms with Crippen molar-refractivity contribution in [3.8, 4) is 0 Å². The molecule has 31 heavy (non-hydrogen) atoms. The number of aryl methyl sites for hydroxylation is 2. The third kappa shape index (κ3) is 3.80. The van der Waals surface area contributed by atoms with Gasteiger partial charge in [-0.25, -0.2) is 4.68 Å². The zero-order chi connectivity index (χ0) is 21.4. The number of benzene rings is 1. The Hall–Kier alpha value is -2.54. The lowest BCUT2D eigenvalue weighted by molar-refractivity contribution is 0.216. The van der Waals surface area contributed by atoms with Crippen molar-refractivity contribution in [1.29, 1.82) is 0 Å². The minimum absolute atomic E-state index is 0.0311. The Bertz CT molecular complexity index is 1120. The van der Waals surface area contributed by atoms with Gasteiger partial charge in [0.15, 0.2) is 5.82 Å². The van der Waals surface area contributed by atoms with Gasteiger partial charge >= 0.3 is 0 Å². The second kappa shape index (κ2) is 8.54. The van der Waals surface area contributed by atoms with Gasteiger partial charge in [-0.1, -0.05) is 37.8 Å². The first kappa shape index (κ1) is 20.4. The third-order valence-electron chi connectivity index (χ3n) is 7.21. The molecule has 0 radical (unpaired) electrons. The predicted octanol–water partition coefficient (Wildman–Crippen LogP) is 4.21. The maximum Gasteiger partial charge on any atom is 0.253 e. The van der Waals surface area contributed by atoms with Gasteiger partial charge < -0.3 is 4.98 Å². The normalized spacial score (nSPS) is 19.7. The summed E-state index contributed by atoms with van der Waals surface area (Å²) >= 11 is 0. The number of pyridine rings is 1. The van der Waals surface area contributed by atoms with Gasteiger partial charge in [0.05, 0.1) is 11.6 Å². The van der Waals surface area contributed by atoms with E-state index in [0.717, 1.165) is 66.6 Å². The van der Waals surface area contributed by atoms with Gasteiger partial charge in [0, 0.05) is 10.9 Å². The van der Waals surface area contributed by atoms with Gasteiger partial charge in [-0.05, 0) is 80.2 Å². The smallest absolute Gasteiger partial charge is 0.253 e. The number of aromatic amines is 1. The summed E-state index contributed by atoms with van der Waals surface area (Å²) in [5.41, 5.74) is 3.92. The van der Waals surface area contributed by atoms with Gasteiger partial charge in [0.2, 0.25) is 0 Å². The Morgan fingerprint density at radius 2 is 1.71 bits per heavy atom. The molecule has 0 bridgehead atoms. The van der Waals surface area contributed by atoms with Crippen LogP contribution in [0.4, 0.5) is 0 Å². The molecule has 0 amide bonds. The van der Waals surface area contributed by atoms with Crippen LogP contribution in [0.2, 0.25) is 0 Å². The number of fused-ring (bicyclic) bond motifs is 1. The maximum absolute atomic E-state index is 13.4. The van der Waals surface area contributed by atoms with E-state index in [0.29, 0.717) is 6.04 Å². The zero-order valence-corrected chi connectivity index (χ0v) is 18.6. The number of nitrogens with zero attached hydrogens (tertiary/aromatic N) is 5. The molecule has 0 spiro atoms. The van der Waals surface area contributed by atoms with Crippen LogP contribution in [0.25, 0.3) is 10.9 Å². The van der Waals surface area contributed by atoms with Crippen molar-refractivity contribution in [2.75, 3.05) is 13.1 Å². The molecule has 2 aliphatic rings. The van der Waals surface area contributed by atoms with Gasteiger partial charge in [-0.15, -0.1) is 5.10 Å².